The monoisotopic (exact) mass is 402 g/mol. The number of aryl methyl sites for hydroxylation is 1. The number of anilines is 2. The molecule has 0 bridgehead atoms. The van der Waals surface area contributed by atoms with Crippen molar-refractivity contribution >= 4 is 28.8 Å². The van der Waals surface area contributed by atoms with Crippen LogP contribution in [0.25, 0.3) is 0 Å². The number of thiocarbonyl (C=S) groups is 1. The van der Waals surface area contributed by atoms with Gasteiger partial charge in [0, 0.05) is 18.0 Å². The smallest absolute Gasteiger partial charge is 0.176 e. The molecule has 0 aliphatic heterocycles. The van der Waals surface area contributed by atoms with E-state index in [1.807, 2.05) is 64.9 Å². The second kappa shape index (κ2) is 8.70. The van der Waals surface area contributed by atoms with E-state index in [1.165, 1.54) is 11.1 Å². The van der Waals surface area contributed by atoms with Crippen LogP contribution in [-0.4, -0.2) is 24.7 Å². The van der Waals surface area contributed by atoms with Gasteiger partial charge in [0.1, 0.15) is 0 Å². The summed E-state index contributed by atoms with van der Waals surface area (Å²) in [6, 6.07) is 22.5. The van der Waals surface area contributed by atoms with Crippen molar-refractivity contribution in [3.8, 4) is 0 Å². The van der Waals surface area contributed by atoms with Crippen LogP contribution in [0.5, 0.6) is 0 Å². The standard InChI is InChI=1S/C22H22N6S/c1-17-12-21(26-28(17)15-19-10-6-3-7-11-19)25-22(29)24-20-13-23-27(16-20)14-18-8-4-2-5-9-18/h2-13,16H,14-15H2,1H3,(H2,24,25,26,29). The van der Waals surface area contributed by atoms with Gasteiger partial charge in [-0.2, -0.15) is 10.2 Å². The molecule has 0 amide bonds. The Balaban J connectivity index is 1.35. The topological polar surface area (TPSA) is 59.7 Å². The SMILES string of the molecule is Cc1cc(NC(=S)Nc2cnn(Cc3ccccc3)c2)nn1Cc1ccccc1. The zero-order valence-corrected chi connectivity index (χ0v) is 16.9. The molecule has 29 heavy (non-hydrogen) atoms. The van der Waals surface area contributed by atoms with Crippen molar-refractivity contribution in [2.45, 2.75) is 20.0 Å². The summed E-state index contributed by atoms with van der Waals surface area (Å²) in [6.07, 6.45) is 3.69. The van der Waals surface area contributed by atoms with E-state index in [4.69, 9.17) is 12.2 Å². The normalized spacial score (nSPS) is 10.7. The Morgan fingerprint density at radius 1 is 0.931 bits per heavy atom. The fraction of sp³-hybridized carbons (Fsp3) is 0.136. The van der Waals surface area contributed by atoms with Crippen LogP contribution in [-0.2, 0) is 13.1 Å². The number of hydrogen-bond donors (Lipinski definition) is 2. The summed E-state index contributed by atoms with van der Waals surface area (Å²) in [5, 5.41) is 15.8. The average molecular weight is 403 g/mol. The predicted octanol–water partition coefficient (Wildman–Crippen LogP) is 4.29. The summed E-state index contributed by atoms with van der Waals surface area (Å²) >= 11 is 5.43. The van der Waals surface area contributed by atoms with Crippen molar-refractivity contribution in [1.29, 1.82) is 0 Å². The third-order valence-electron chi connectivity index (χ3n) is 4.48. The van der Waals surface area contributed by atoms with E-state index in [1.54, 1.807) is 6.20 Å². The van der Waals surface area contributed by atoms with Gasteiger partial charge in [-0.3, -0.25) is 9.36 Å². The van der Waals surface area contributed by atoms with Crippen molar-refractivity contribution < 1.29 is 0 Å². The first-order chi connectivity index (χ1) is 14.2. The fourth-order valence-electron chi connectivity index (χ4n) is 3.05. The highest BCUT2D eigenvalue weighted by Gasteiger charge is 2.08. The van der Waals surface area contributed by atoms with Crippen LogP contribution in [0, 0.1) is 6.92 Å². The summed E-state index contributed by atoms with van der Waals surface area (Å²) in [5.41, 5.74) is 4.30. The number of benzene rings is 2. The lowest BCUT2D eigenvalue weighted by Crippen LogP contribution is -2.19. The maximum atomic E-state index is 5.43. The molecule has 0 saturated heterocycles. The zero-order valence-electron chi connectivity index (χ0n) is 16.1. The number of nitrogens with zero attached hydrogens (tertiary/aromatic N) is 4. The van der Waals surface area contributed by atoms with E-state index in [9.17, 15) is 0 Å². The molecule has 0 aliphatic rings. The molecule has 0 radical (unpaired) electrons. The van der Waals surface area contributed by atoms with Gasteiger partial charge in [-0.1, -0.05) is 60.7 Å². The molecule has 0 aliphatic carbocycles. The average Bonchev–Trinajstić information content (AvgIpc) is 3.29. The minimum atomic E-state index is 0.480. The van der Waals surface area contributed by atoms with E-state index >= 15 is 0 Å². The number of rotatable bonds is 6. The molecule has 0 fully saturated rings. The molecule has 2 N–H and O–H groups in total. The lowest BCUT2D eigenvalue weighted by molar-refractivity contribution is 0.668. The Morgan fingerprint density at radius 3 is 2.28 bits per heavy atom. The number of nitrogens with one attached hydrogen (secondary N) is 2. The molecular formula is C22H22N6S. The second-order valence-corrected chi connectivity index (χ2v) is 7.21. The van der Waals surface area contributed by atoms with Gasteiger partial charge in [-0.25, -0.2) is 0 Å². The number of aromatic nitrogens is 4. The van der Waals surface area contributed by atoms with Gasteiger partial charge in [0.2, 0.25) is 0 Å². The molecule has 2 aromatic heterocycles. The largest absolute Gasteiger partial charge is 0.330 e. The lowest BCUT2D eigenvalue weighted by Gasteiger charge is -2.06. The molecule has 7 heteroatoms. The Labute approximate surface area is 175 Å². The zero-order chi connectivity index (χ0) is 20.1. The Bertz CT molecular complexity index is 1080. The first-order valence-corrected chi connectivity index (χ1v) is 9.79. The van der Waals surface area contributed by atoms with E-state index in [2.05, 4.69) is 45.1 Å². The summed E-state index contributed by atoms with van der Waals surface area (Å²) in [7, 11) is 0. The fourth-order valence-corrected chi connectivity index (χ4v) is 3.27. The molecule has 6 nitrogen and oxygen atoms in total. The summed E-state index contributed by atoms with van der Waals surface area (Å²) in [6.45, 7) is 3.47. The van der Waals surface area contributed by atoms with Gasteiger partial charge < -0.3 is 10.6 Å². The van der Waals surface area contributed by atoms with Gasteiger partial charge in [0.15, 0.2) is 10.9 Å². The van der Waals surface area contributed by atoms with Gasteiger partial charge in [0.25, 0.3) is 0 Å². The van der Waals surface area contributed by atoms with Crippen LogP contribution in [0.3, 0.4) is 0 Å². The van der Waals surface area contributed by atoms with Crippen LogP contribution >= 0.6 is 12.2 Å². The predicted molar refractivity (Wildman–Crippen MR) is 120 cm³/mol. The molecular weight excluding hydrogens is 380 g/mol. The molecule has 0 saturated carbocycles. The van der Waals surface area contributed by atoms with Crippen LogP contribution < -0.4 is 10.6 Å². The quantitative estimate of drug-likeness (QED) is 0.471. The lowest BCUT2D eigenvalue weighted by atomic mass is 10.2. The molecule has 146 valence electrons. The molecule has 4 rings (SSSR count). The highest BCUT2D eigenvalue weighted by molar-refractivity contribution is 7.80. The Morgan fingerprint density at radius 2 is 1.59 bits per heavy atom. The molecule has 2 aromatic carbocycles. The number of hydrogen-bond acceptors (Lipinski definition) is 3. The summed E-state index contributed by atoms with van der Waals surface area (Å²) in [4.78, 5) is 0. The van der Waals surface area contributed by atoms with Crippen LogP contribution in [0.15, 0.2) is 79.1 Å². The third-order valence-corrected chi connectivity index (χ3v) is 4.68. The summed E-state index contributed by atoms with van der Waals surface area (Å²) in [5.74, 6) is 0.715. The van der Waals surface area contributed by atoms with Crippen LogP contribution in [0.2, 0.25) is 0 Å². The van der Waals surface area contributed by atoms with Crippen molar-refractivity contribution in [2.24, 2.45) is 0 Å². The van der Waals surface area contributed by atoms with Crippen LogP contribution in [0.4, 0.5) is 11.5 Å². The maximum absolute atomic E-state index is 5.43. The second-order valence-electron chi connectivity index (χ2n) is 6.81. The first-order valence-electron chi connectivity index (χ1n) is 9.38. The third kappa shape index (κ3) is 5.08. The van der Waals surface area contributed by atoms with Gasteiger partial charge >= 0.3 is 0 Å². The first kappa shape index (κ1) is 18.9. The van der Waals surface area contributed by atoms with Gasteiger partial charge in [-0.05, 0) is 30.3 Å². The highest BCUT2D eigenvalue weighted by atomic mass is 32.1. The molecule has 0 spiro atoms. The molecule has 0 atom stereocenters. The minimum Gasteiger partial charge on any atom is -0.330 e. The highest BCUT2D eigenvalue weighted by Crippen LogP contribution is 2.13. The van der Waals surface area contributed by atoms with Crippen molar-refractivity contribution in [3.63, 3.8) is 0 Å². The van der Waals surface area contributed by atoms with Gasteiger partial charge in [0.05, 0.1) is 25.0 Å². The Hall–Kier alpha value is -3.45. The minimum absolute atomic E-state index is 0.480. The van der Waals surface area contributed by atoms with Crippen molar-refractivity contribution in [2.75, 3.05) is 10.6 Å². The van der Waals surface area contributed by atoms with E-state index in [-0.39, 0.29) is 0 Å². The van der Waals surface area contributed by atoms with Crippen LogP contribution in [0.1, 0.15) is 16.8 Å². The van der Waals surface area contributed by atoms with Crippen molar-refractivity contribution in [1.82, 2.24) is 19.6 Å². The van der Waals surface area contributed by atoms with Gasteiger partial charge in [-0.15, -0.1) is 0 Å². The Kier molecular flexibility index (Phi) is 5.67. The van der Waals surface area contributed by atoms with E-state index in [0.29, 0.717) is 17.5 Å². The summed E-state index contributed by atoms with van der Waals surface area (Å²) < 4.78 is 3.83. The van der Waals surface area contributed by atoms with E-state index in [0.717, 1.165) is 17.9 Å². The molecule has 0 unspecified atom stereocenters. The maximum Gasteiger partial charge on any atom is 0.176 e. The van der Waals surface area contributed by atoms with E-state index < -0.39 is 0 Å². The molecule has 4 aromatic rings. The molecule has 2 heterocycles. The van der Waals surface area contributed by atoms with Crippen molar-refractivity contribution in [3.05, 3.63) is 95.9 Å².